The van der Waals surface area contributed by atoms with E-state index >= 15 is 0 Å². The molecule has 1 aliphatic carbocycles. The average molecular weight is 525 g/mol. The molecule has 1 aliphatic rings. The fraction of sp³-hybridized carbons (Fsp3) is 0.360. The first-order valence-corrected chi connectivity index (χ1v) is 13.1. The Morgan fingerprint density at radius 3 is 2.41 bits per heavy atom. The monoisotopic (exact) mass is 524 g/mol. The molecule has 1 atom stereocenters. The molecule has 0 spiro atoms. The number of ether oxygens (including phenoxy) is 3. The van der Waals surface area contributed by atoms with E-state index < -0.39 is 11.3 Å². The molecule has 5 rings (SSSR count). The summed E-state index contributed by atoms with van der Waals surface area (Å²) in [7, 11) is 3.16. The highest BCUT2D eigenvalue weighted by molar-refractivity contribution is 7.77. The van der Waals surface area contributed by atoms with Gasteiger partial charge in [0.1, 0.15) is 22.9 Å². The highest BCUT2D eigenvalue weighted by atomic mass is 32.2. The summed E-state index contributed by atoms with van der Waals surface area (Å²) in [6, 6.07) is 11.0. The predicted molar refractivity (Wildman–Crippen MR) is 138 cm³/mol. The van der Waals surface area contributed by atoms with E-state index in [2.05, 4.69) is 9.71 Å². The fourth-order valence-corrected chi connectivity index (χ4v) is 4.45. The number of nitrogens with one attached hydrogen (secondary N) is 1. The van der Waals surface area contributed by atoms with E-state index in [0.29, 0.717) is 64.1 Å². The highest BCUT2D eigenvalue weighted by Crippen LogP contribution is 2.38. The molecule has 0 saturated heterocycles. The van der Waals surface area contributed by atoms with Crippen molar-refractivity contribution in [3.8, 4) is 34.6 Å². The largest absolute Gasteiger partial charge is 0.494 e. The van der Waals surface area contributed by atoms with Crippen LogP contribution in [0.4, 0.5) is 0 Å². The Kier molecular flexibility index (Phi) is 7.31. The molecule has 1 fully saturated rings. The minimum atomic E-state index is -2.19. The molecule has 194 valence electrons. The molecule has 3 aromatic heterocycles. The maximum atomic E-state index is 11.4. The second-order valence-corrected chi connectivity index (χ2v) is 9.35. The average Bonchev–Trinajstić information content (AvgIpc) is 3.65. The van der Waals surface area contributed by atoms with Crippen LogP contribution in [0.15, 0.2) is 36.4 Å². The molecule has 0 amide bonds. The minimum absolute atomic E-state index is 0.0791. The second kappa shape index (κ2) is 10.8. The first kappa shape index (κ1) is 25.1. The van der Waals surface area contributed by atoms with Gasteiger partial charge >= 0.3 is 0 Å². The predicted octanol–water partition coefficient (Wildman–Crippen LogP) is 3.47. The van der Waals surface area contributed by atoms with Crippen molar-refractivity contribution in [2.24, 2.45) is 5.92 Å². The number of nitrogens with zero attached hydrogens (tertiary/aromatic N) is 5. The molecular weight excluding hydrogens is 496 g/mol. The number of pyridine rings is 1. The summed E-state index contributed by atoms with van der Waals surface area (Å²) in [6.45, 7) is 2.45. The van der Waals surface area contributed by atoms with Gasteiger partial charge in [0.15, 0.2) is 17.1 Å². The maximum absolute atomic E-state index is 11.4. The van der Waals surface area contributed by atoms with Crippen molar-refractivity contribution >= 4 is 22.6 Å². The van der Waals surface area contributed by atoms with Gasteiger partial charge in [-0.25, -0.2) is 28.9 Å². The normalized spacial score (nSPS) is 14.1. The molecule has 3 heterocycles. The number of imidazole rings is 1. The molecule has 0 bridgehead atoms. The Morgan fingerprint density at radius 2 is 1.76 bits per heavy atom. The van der Waals surface area contributed by atoms with Crippen LogP contribution in [0, 0.1) is 5.92 Å². The van der Waals surface area contributed by atoms with Gasteiger partial charge in [-0.2, -0.15) is 0 Å². The Labute approximate surface area is 216 Å². The van der Waals surface area contributed by atoms with Crippen molar-refractivity contribution < 1.29 is 23.0 Å². The molecule has 0 radical (unpaired) electrons. The summed E-state index contributed by atoms with van der Waals surface area (Å²) in [5, 5.41) is 0. The molecule has 4 aromatic rings. The van der Waals surface area contributed by atoms with Crippen molar-refractivity contribution in [2.75, 3.05) is 20.8 Å². The van der Waals surface area contributed by atoms with Crippen LogP contribution in [0.25, 0.3) is 28.5 Å². The summed E-state index contributed by atoms with van der Waals surface area (Å²) in [6.07, 6.45) is 2.99. The Morgan fingerprint density at radius 1 is 1.03 bits per heavy atom. The van der Waals surface area contributed by atoms with Crippen molar-refractivity contribution in [1.29, 1.82) is 0 Å². The summed E-state index contributed by atoms with van der Waals surface area (Å²) in [4.78, 5) is 19.3. The van der Waals surface area contributed by atoms with Crippen molar-refractivity contribution in [3.63, 3.8) is 0 Å². The summed E-state index contributed by atoms with van der Waals surface area (Å²) in [5.74, 6) is 2.57. The zero-order valence-electron chi connectivity index (χ0n) is 20.8. The smallest absolute Gasteiger partial charge is 0.232 e. The van der Waals surface area contributed by atoms with Crippen molar-refractivity contribution in [1.82, 2.24) is 29.2 Å². The van der Waals surface area contributed by atoms with Gasteiger partial charge in [-0.05, 0) is 50.3 Å². The Bertz CT molecular complexity index is 1430. The Hall–Kier alpha value is -3.61. The molecule has 1 aromatic carbocycles. The number of aromatic nitrogens is 5. The van der Waals surface area contributed by atoms with Gasteiger partial charge in [0, 0.05) is 6.07 Å². The number of fused-ring (bicyclic) bond motifs is 1. The van der Waals surface area contributed by atoms with Crippen LogP contribution in [-0.2, 0) is 24.2 Å². The third-order valence-electron chi connectivity index (χ3n) is 6.06. The Balaban J connectivity index is 1.79. The van der Waals surface area contributed by atoms with Crippen LogP contribution < -0.4 is 18.9 Å². The van der Waals surface area contributed by atoms with E-state index in [0.717, 1.165) is 25.0 Å². The molecular formula is C25H28N6O5S. The topological polar surface area (TPSA) is 134 Å². The van der Waals surface area contributed by atoms with Crippen LogP contribution in [0.5, 0.6) is 17.4 Å². The van der Waals surface area contributed by atoms with Crippen LogP contribution >= 0.6 is 0 Å². The third-order valence-corrected chi connectivity index (χ3v) is 6.45. The van der Waals surface area contributed by atoms with E-state index in [9.17, 15) is 8.76 Å². The summed E-state index contributed by atoms with van der Waals surface area (Å²) >= 11 is -2.19. The van der Waals surface area contributed by atoms with Crippen LogP contribution in [-0.4, -0.2) is 54.1 Å². The number of hydrogen-bond acceptors (Lipinski definition) is 8. The second-order valence-electron chi connectivity index (χ2n) is 8.56. The van der Waals surface area contributed by atoms with Crippen molar-refractivity contribution in [2.45, 2.75) is 32.7 Å². The number of methoxy groups -OCH3 is 2. The van der Waals surface area contributed by atoms with Gasteiger partial charge in [0.05, 0.1) is 38.8 Å². The fourth-order valence-electron chi connectivity index (χ4n) is 4.19. The maximum Gasteiger partial charge on any atom is 0.232 e. The van der Waals surface area contributed by atoms with E-state index in [-0.39, 0.29) is 6.54 Å². The van der Waals surface area contributed by atoms with E-state index in [1.807, 2.05) is 37.3 Å². The standard InChI is InChI=1S/C25H28N6O5S/c1-4-36-21-10-5-7-16(27-21)24-30-23-25(31(24)22-19(34-2)8-6-9-20(22)35-3)29-18(14-26-37(32)33)17(28-23)13-15-11-12-15/h5-10,15,26H,4,11-14H2,1-3H3,(H,32,33). The summed E-state index contributed by atoms with van der Waals surface area (Å²) in [5.41, 5.74) is 3.35. The first-order valence-electron chi connectivity index (χ1n) is 12.0. The lowest BCUT2D eigenvalue weighted by atomic mass is 10.1. The molecule has 12 heteroatoms. The minimum Gasteiger partial charge on any atom is -0.494 e. The molecule has 0 aliphatic heterocycles. The van der Waals surface area contributed by atoms with Gasteiger partial charge in [-0.3, -0.25) is 9.12 Å². The van der Waals surface area contributed by atoms with E-state index in [1.54, 1.807) is 24.9 Å². The SMILES string of the molecule is CCOc1cccc(-c2nc3nc(CC4CC4)c(CNS(=O)O)nc3n2-c2c(OC)cccc2OC)n1. The van der Waals surface area contributed by atoms with Gasteiger partial charge in [-0.15, -0.1) is 0 Å². The number of para-hydroxylation sites is 1. The molecule has 11 nitrogen and oxygen atoms in total. The van der Waals surface area contributed by atoms with Gasteiger partial charge in [0.25, 0.3) is 0 Å². The molecule has 2 N–H and O–H groups in total. The lowest BCUT2D eigenvalue weighted by Gasteiger charge is -2.16. The van der Waals surface area contributed by atoms with Crippen LogP contribution in [0.1, 0.15) is 31.2 Å². The van der Waals surface area contributed by atoms with Crippen LogP contribution in [0.3, 0.4) is 0 Å². The van der Waals surface area contributed by atoms with Gasteiger partial charge in [0.2, 0.25) is 17.1 Å². The molecule has 1 saturated carbocycles. The lowest BCUT2D eigenvalue weighted by Crippen LogP contribution is -2.19. The zero-order valence-corrected chi connectivity index (χ0v) is 21.6. The summed E-state index contributed by atoms with van der Waals surface area (Å²) < 4.78 is 42.1. The number of hydrogen-bond donors (Lipinski definition) is 2. The zero-order chi connectivity index (χ0) is 25.9. The third kappa shape index (κ3) is 5.26. The number of benzene rings is 1. The molecule has 1 unspecified atom stereocenters. The van der Waals surface area contributed by atoms with Gasteiger partial charge in [-0.1, -0.05) is 12.1 Å². The van der Waals surface area contributed by atoms with Crippen LogP contribution in [0.2, 0.25) is 0 Å². The van der Waals surface area contributed by atoms with E-state index in [4.69, 9.17) is 29.2 Å². The lowest BCUT2D eigenvalue weighted by molar-refractivity contribution is 0.327. The molecule has 37 heavy (non-hydrogen) atoms. The van der Waals surface area contributed by atoms with E-state index in [1.165, 1.54) is 0 Å². The number of rotatable bonds is 11. The first-order chi connectivity index (χ1) is 18.0. The van der Waals surface area contributed by atoms with Gasteiger partial charge < -0.3 is 14.2 Å². The quantitative estimate of drug-likeness (QED) is 0.283. The highest BCUT2D eigenvalue weighted by Gasteiger charge is 2.28. The van der Waals surface area contributed by atoms with Crippen molar-refractivity contribution in [3.05, 3.63) is 47.8 Å².